The molecule has 3 unspecified atom stereocenters. The molecule has 0 amide bonds. The summed E-state index contributed by atoms with van der Waals surface area (Å²) in [5, 5.41) is 3.54. The molecular formula is C22H27FN4O. The number of morpholine rings is 1. The highest BCUT2D eigenvalue weighted by Gasteiger charge is 2.57. The molecular weight excluding hydrogens is 355 g/mol. The third-order valence-electron chi connectivity index (χ3n) is 6.54. The third-order valence-corrected chi connectivity index (χ3v) is 6.54. The Morgan fingerprint density at radius 2 is 1.93 bits per heavy atom. The summed E-state index contributed by atoms with van der Waals surface area (Å²) in [7, 11) is 0. The minimum atomic E-state index is -0.155. The van der Waals surface area contributed by atoms with Crippen LogP contribution in [0.4, 0.5) is 21.5 Å². The van der Waals surface area contributed by atoms with Crippen molar-refractivity contribution in [3.05, 3.63) is 48.5 Å². The number of pyridine rings is 1. The monoisotopic (exact) mass is 382 g/mol. The van der Waals surface area contributed by atoms with Gasteiger partial charge in [-0.1, -0.05) is 0 Å². The number of nitrogens with zero attached hydrogens (tertiary/aromatic N) is 3. The number of halogens is 1. The first kappa shape index (κ1) is 17.7. The fourth-order valence-electron chi connectivity index (χ4n) is 5.08. The Morgan fingerprint density at radius 1 is 1.14 bits per heavy atom. The van der Waals surface area contributed by atoms with Gasteiger partial charge < -0.3 is 19.9 Å². The summed E-state index contributed by atoms with van der Waals surface area (Å²) >= 11 is 0. The van der Waals surface area contributed by atoms with Gasteiger partial charge in [-0.3, -0.25) is 4.98 Å². The van der Waals surface area contributed by atoms with E-state index in [0.717, 1.165) is 43.7 Å². The maximum atomic E-state index is 14.6. The Labute approximate surface area is 165 Å². The molecule has 3 heterocycles. The number of aromatic nitrogens is 1. The summed E-state index contributed by atoms with van der Waals surface area (Å²) in [5.74, 6) is 1.95. The average Bonchev–Trinajstić information content (AvgIpc) is 3.23. The van der Waals surface area contributed by atoms with Gasteiger partial charge in [0.15, 0.2) is 0 Å². The fraction of sp³-hybridized carbons (Fsp3) is 0.500. The van der Waals surface area contributed by atoms with Crippen LogP contribution in [0.1, 0.15) is 6.92 Å². The average molecular weight is 382 g/mol. The van der Waals surface area contributed by atoms with Crippen molar-refractivity contribution in [1.29, 1.82) is 0 Å². The molecule has 1 N–H and O–H groups in total. The standard InChI is InChI=1S/C22H27FN4O/c1-15(22-18-13-27(14-19(18)22)17-3-2-6-24-12-17)25-16-4-5-21(20(23)11-16)26-7-9-28-10-8-26/h2-6,11-12,15,18-19,22,25H,7-10,13-14H2,1H3. The number of hydrogen-bond acceptors (Lipinski definition) is 5. The highest BCUT2D eigenvalue weighted by molar-refractivity contribution is 5.57. The van der Waals surface area contributed by atoms with Crippen LogP contribution in [0.3, 0.4) is 0 Å². The predicted octanol–water partition coefficient (Wildman–Crippen LogP) is 3.24. The summed E-state index contributed by atoms with van der Waals surface area (Å²) in [6.45, 7) is 7.24. The highest BCUT2D eigenvalue weighted by atomic mass is 19.1. The Kier molecular flexibility index (Phi) is 4.59. The van der Waals surface area contributed by atoms with Crippen molar-refractivity contribution in [2.24, 2.45) is 17.8 Å². The maximum Gasteiger partial charge on any atom is 0.148 e. The second-order valence-corrected chi connectivity index (χ2v) is 8.22. The maximum absolute atomic E-state index is 14.6. The number of piperidine rings is 1. The van der Waals surface area contributed by atoms with Gasteiger partial charge in [0.25, 0.3) is 0 Å². The molecule has 1 aliphatic carbocycles. The van der Waals surface area contributed by atoms with Gasteiger partial charge in [-0.2, -0.15) is 0 Å². The lowest BCUT2D eigenvalue weighted by molar-refractivity contribution is 0.122. The van der Waals surface area contributed by atoms with Gasteiger partial charge in [-0.15, -0.1) is 0 Å². The van der Waals surface area contributed by atoms with Gasteiger partial charge >= 0.3 is 0 Å². The second kappa shape index (κ2) is 7.24. The normalized spacial score (nSPS) is 27.4. The Bertz CT molecular complexity index is 815. The summed E-state index contributed by atoms with van der Waals surface area (Å²) in [4.78, 5) is 8.72. The van der Waals surface area contributed by atoms with Gasteiger partial charge in [0.2, 0.25) is 0 Å². The third kappa shape index (κ3) is 3.30. The quantitative estimate of drug-likeness (QED) is 0.860. The molecule has 28 heavy (non-hydrogen) atoms. The summed E-state index contributed by atoms with van der Waals surface area (Å²) in [6, 6.07) is 10.0. The van der Waals surface area contributed by atoms with E-state index < -0.39 is 0 Å². The molecule has 0 radical (unpaired) electrons. The first-order valence-electron chi connectivity index (χ1n) is 10.2. The molecule has 1 aromatic carbocycles. The Balaban J connectivity index is 1.18. The van der Waals surface area contributed by atoms with Crippen LogP contribution < -0.4 is 15.1 Å². The van der Waals surface area contributed by atoms with E-state index in [4.69, 9.17) is 4.74 Å². The number of hydrogen-bond donors (Lipinski definition) is 1. The van der Waals surface area contributed by atoms with E-state index in [2.05, 4.69) is 33.1 Å². The van der Waals surface area contributed by atoms with Gasteiger partial charge in [-0.25, -0.2) is 4.39 Å². The van der Waals surface area contributed by atoms with E-state index in [1.54, 1.807) is 6.07 Å². The van der Waals surface area contributed by atoms with Crippen LogP contribution in [0, 0.1) is 23.6 Å². The van der Waals surface area contributed by atoms with Gasteiger partial charge in [0.05, 0.1) is 30.8 Å². The summed E-state index contributed by atoms with van der Waals surface area (Å²) < 4.78 is 20.0. The summed E-state index contributed by atoms with van der Waals surface area (Å²) in [5.41, 5.74) is 2.77. The van der Waals surface area contributed by atoms with Crippen molar-refractivity contribution in [3.63, 3.8) is 0 Å². The highest BCUT2D eigenvalue weighted by Crippen LogP contribution is 2.54. The molecule has 2 aliphatic heterocycles. The topological polar surface area (TPSA) is 40.6 Å². The zero-order valence-corrected chi connectivity index (χ0v) is 16.2. The van der Waals surface area contributed by atoms with Crippen molar-refractivity contribution >= 4 is 17.1 Å². The number of benzene rings is 1. The van der Waals surface area contributed by atoms with Crippen molar-refractivity contribution in [1.82, 2.24) is 4.98 Å². The summed E-state index contributed by atoms with van der Waals surface area (Å²) in [6.07, 6.45) is 3.76. The smallest absolute Gasteiger partial charge is 0.148 e. The number of nitrogens with one attached hydrogen (secondary N) is 1. The van der Waals surface area contributed by atoms with Crippen molar-refractivity contribution in [2.45, 2.75) is 13.0 Å². The van der Waals surface area contributed by atoms with Crippen LogP contribution in [0.5, 0.6) is 0 Å². The van der Waals surface area contributed by atoms with E-state index >= 15 is 0 Å². The molecule has 3 fully saturated rings. The lowest BCUT2D eigenvalue weighted by atomic mass is 10.1. The minimum Gasteiger partial charge on any atom is -0.382 e. The zero-order valence-electron chi connectivity index (χ0n) is 16.2. The predicted molar refractivity (Wildman–Crippen MR) is 109 cm³/mol. The van der Waals surface area contributed by atoms with Crippen LogP contribution in [-0.2, 0) is 4.74 Å². The molecule has 0 bridgehead atoms. The molecule has 3 aliphatic rings. The van der Waals surface area contributed by atoms with Crippen LogP contribution >= 0.6 is 0 Å². The van der Waals surface area contributed by atoms with Gasteiger partial charge in [-0.05, 0) is 55.0 Å². The molecule has 1 saturated carbocycles. The van der Waals surface area contributed by atoms with E-state index in [0.29, 0.717) is 30.9 Å². The molecule has 3 atom stereocenters. The minimum absolute atomic E-state index is 0.155. The number of fused-ring (bicyclic) bond motifs is 1. The molecule has 5 rings (SSSR count). The van der Waals surface area contributed by atoms with Crippen molar-refractivity contribution < 1.29 is 9.13 Å². The first-order chi connectivity index (χ1) is 13.7. The molecule has 6 heteroatoms. The lowest BCUT2D eigenvalue weighted by Gasteiger charge is -2.29. The molecule has 0 spiro atoms. The Morgan fingerprint density at radius 3 is 2.61 bits per heavy atom. The molecule has 5 nitrogen and oxygen atoms in total. The number of ether oxygens (including phenoxy) is 1. The molecule has 2 aromatic rings. The SMILES string of the molecule is CC(Nc1ccc(N2CCOCC2)c(F)c1)C1C2CN(c3cccnc3)CC21. The molecule has 2 saturated heterocycles. The van der Waals surface area contributed by atoms with Crippen LogP contribution in [-0.4, -0.2) is 50.4 Å². The van der Waals surface area contributed by atoms with E-state index in [1.165, 1.54) is 5.69 Å². The van der Waals surface area contributed by atoms with E-state index in [-0.39, 0.29) is 5.82 Å². The first-order valence-corrected chi connectivity index (χ1v) is 10.2. The zero-order chi connectivity index (χ0) is 19.1. The second-order valence-electron chi connectivity index (χ2n) is 8.22. The van der Waals surface area contributed by atoms with Crippen molar-refractivity contribution in [3.8, 4) is 0 Å². The largest absolute Gasteiger partial charge is 0.382 e. The molecule has 148 valence electrons. The number of anilines is 3. The van der Waals surface area contributed by atoms with Crippen LogP contribution in [0.15, 0.2) is 42.7 Å². The van der Waals surface area contributed by atoms with Gasteiger partial charge in [0, 0.05) is 44.1 Å². The lowest BCUT2D eigenvalue weighted by Crippen LogP contribution is -2.36. The fourth-order valence-corrected chi connectivity index (χ4v) is 5.08. The van der Waals surface area contributed by atoms with Crippen molar-refractivity contribution in [2.75, 3.05) is 54.5 Å². The molecule has 1 aromatic heterocycles. The Hall–Kier alpha value is -2.34. The van der Waals surface area contributed by atoms with Crippen LogP contribution in [0.2, 0.25) is 0 Å². The van der Waals surface area contributed by atoms with E-state index in [1.807, 2.05) is 30.6 Å². The van der Waals surface area contributed by atoms with Gasteiger partial charge in [0.1, 0.15) is 5.82 Å². The van der Waals surface area contributed by atoms with Crippen LogP contribution in [0.25, 0.3) is 0 Å². The van der Waals surface area contributed by atoms with E-state index in [9.17, 15) is 4.39 Å². The number of rotatable bonds is 5.